The fourth-order valence-corrected chi connectivity index (χ4v) is 8.16. The topological polar surface area (TPSA) is 204 Å². The van der Waals surface area contributed by atoms with Gasteiger partial charge >= 0.3 is 11.9 Å². The zero-order chi connectivity index (χ0) is 28.5. The Balaban J connectivity index is 2.05. The lowest BCUT2D eigenvalue weighted by atomic mass is 10.1. The number of rotatable bonds is 14. The van der Waals surface area contributed by atoms with Crippen LogP contribution in [0.5, 0.6) is 0 Å². The van der Waals surface area contributed by atoms with E-state index >= 15 is 0 Å². The second-order valence-electron chi connectivity index (χ2n) is 7.87. The van der Waals surface area contributed by atoms with E-state index in [0.29, 0.717) is 30.9 Å². The predicted octanol–water partition coefficient (Wildman–Crippen LogP) is -1.53. The molecule has 2 amide bonds. The lowest BCUT2D eigenvalue weighted by Gasteiger charge is -2.32. The average Bonchev–Trinajstić information content (AvgIpc) is 3.31. The van der Waals surface area contributed by atoms with Crippen molar-refractivity contribution >= 4 is 55.1 Å². The maximum atomic E-state index is 13.1. The van der Waals surface area contributed by atoms with Crippen molar-refractivity contribution in [1.29, 1.82) is 0 Å². The van der Waals surface area contributed by atoms with Gasteiger partial charge < -0.3 is 24.8 Å². The Bertz CT molecular complexity index is 1240. The van der Waals surface area contributed by atoms with Crippen molar-refractivity contribution in [2.45, 2.75) is 34.7 Å². The molecule has 0 spiro atoms. The number of nitrogens with one attached hydrogen (secondary N) is 3. The third kappa shape index (κ3) is 8.70. The summed E-state index contributed by atoms with van der Waals surface area (Å²) in [7, 11) is -6.94. The van der Waals surface area contributed by atoms with Crippen LogP contribution in [0.2, 0.25) is 0 Å². The van der Waals surface area contributed by atoms with Crippen LogP contribution >= 0.6 is 11.3 Å². The molecule has 18 heteroatoms. The van der Waals surface area contributed by atoms with Crippen LogP contribution in [0.4, 0.5) is 0 Å². The highest BCUT2D eigenvalue weighted by Crippen LogP contribution is 2.40. The number of hydrogen-bond acceptors (Lipinski definition) is 13. The van der Waals surface area contributed by atoms with E-state index in [-0.39, 0.29) is 27.1 Å². The first kappa shape index (κ1) is 31.6. The molecule has 0 saturated carbocycles. The van der Waals surface area contributed by atoms with Crippen LogP contribution in [0, 0.1) is 0 Å². The van der Waals surface area contributed by atoms with Gasteiger partial charge in [-0.15, -0.1) is 11.3 Å². The number of ether oxygens (including phenoxy) is 3. The summed E-state index contributed by atoms with van der Waals surface area (Å²) in [6.07, 6.45) is 0.452. The molecule has 214 valence electrons. The summed E-state index contributed by atoms with van der Waals surface area (Å²) < 4.78 is 68.4. The number of thiophene rings is 1. The Hall–Kier alpha value is -2.64. The summed E-state index contributed by atoms with van der Waals surface area (Å²) in [6.45, 7) is 1.81. The monoisotopic (exact) mass is 598 g/mol. The molecule has 1 aliphatic heterocycles. The summed E-state index contributed by atoms with van der Waals surface area (Å²) in [6, 6.07) is 0.758. The second kappa shape index (κ2) is 13.9. The molecular formula is C20H30N4O11S3. The molecule has 0 aromatic carbocycles. The van der Waals surface area contributed by atoms with E-state index < -0.39 is 69.6 Å². The van der Waals surface area contributed by atoms with Crippen molar-refractivity contribution in [2.75, 3.05) is 53.1 Å². The lowest BCUT2D eigenvalue weighted by molar-refractivity contribution is -0.159. The molecule has 1 aliphatic rings. The van der Waals surface area contributed by atoms with E-state index in [1.807, 2.05) is 6.92 Å². The summed E-state index contributed by atoms with van der Waals surface area (Å²) >= 11 is 0.522. The van der Waals surface area contributed by atoms with Gasteiger partial charge in [-0.1, -0.05) is 6.92 Å². The standard InChI is InChI=1S/C20H30N4O11S3/c1-4-21-15-10-24(6-5-7-33-3)38(31,32)20-14(15)8-19(36-20)37(29,30)23-16(26)9-22-17(27)11-35-18(28)12-34-13(2)25/h8,15,21H,4-7,9-12H2,1-3H3,(H,22,27)(H,23,26)/t15-/m0/s1. The Morgan fingerprint density at radius 3 is 2.50 bits per heavy atom. The van der Waals surface area contributed by atoms with Crippen LogP contribution in [0.15, 0.2) is 14.5 Å². The van der Waals surface area contributed by atoms with E-state index in [1.54, 1.807) is 4.72 Å². The zero-order valence-electron chi connectivity index (χ0n) is 21.0. The minimum atomic E-state index is -4.47. The van der Waals surface area contributed by atoms with Crippen LogP contribution in [0.1, 0.15) is 31.9 Å². The minimum Gasteiger partial charge on any atom is -0.454 e. The third-order valence-corrected chi connectivity index (χ3v) is 10.4. The largest absolute Gasteiger partial charge is 0.454 e. The fourth-order valence-electron chi connectivity index (χ4n) is 3.29. The number of esters is 2. The van der Waals surface area contributed by atoms with E-state index in [1.165, 1.54) is 17.5 Å². The Kier molecular flexibility index (Phi) is 11.6. The van der Waals surface area contributed by atoms with Crippen LogP contribution in [0.3, 0.4) is 0 Å². The number of carbonyl (C=O) groups excluding carboxylic acids is 4. The molecule has 38 heavy (non-hydrogen) atoms. The van der Waals surface area contributed by atoms with Crippen molar-refractivity contribution in [1.82, 2.24) is 19.7 Å². The van der Waals surface area contributed by atoms with Crippen LogP contribution < -0.4 is 15.4 Å². The van der Waals surface area contributed by atoms with Gasteiger partial charge in [-0.3, -0.25) is 14.4 Å². The summed E-state index contributed by atoms with van der Waals surface area (Å²) in [5.41, 5.74) is 0.288. The molecule has 15 nitrogen and oxygen atoms in total. The van der Waals surface area contributed by atoms with E-state index in [2.05, 4.69) is 20.1 Å². The van der Waals surface area contributed by atoms with Gasteiger partial charge in [0, 0.05) is 45.3 Å². The van der Waals surface area contributed by atoms with Gasteiger partial charge in [-0.05, 0) is 19.0 Å². The molecule has 0 fully saturated rings. The first-order valence-corrected chi connectivity index (χ1v) is 15.0. The van der Waals surface area contributed by atoms with Gasteiger partial charge in [0.25, 0.3) is 31.9 Å². The SMILES string of the molecule is CCN[C@H]1CN(CCCOC)S(=O)(=O)c2sc(S(=O)(=O)NC(=O)CNC(=O)COC(=O)COC(C)=O)cc21. The van der Waals surface area contributed by atoms with Gasteiger partial charge in [0.05, 0.1) is 6.54 Å². The lowest BCUT2D eigenvalue weighted by Crippen LogP contribution is -2.43. The Morgan fingerprint density at radius 1 is 1.16 bits per heavy atom. The molecule has 0 saturated heterocycles. The molecule has 0 bridgehead atoms. The molecule has 0 unspecified atom stereocenters. The zero-order valence-corrected chi connectivity index (χ0v) is 23.4. The molecule has 2 rings (SSSR count). The Labute approximate surface area is 224 Å². The molecule has 3 N–H and O–H groups in total. The minimum absolute atomic E-state index is 0.104. The molecule has 1 aromatic rings. The number of amides is 2. The maximum Gasteiger partial charge on any atom is 0.344 e. The molecule has 1 aromatic heterocycles. The van der Waals surface area contributed by atoms with Crippen LogP contribution in [-0.4, -0.2) is 98.0 Å². The van der Waals surface area contributed by atoms with Crippen molar-refractivity contribution in [2.24, 2.45) is 0 Å². The first-order chi connectivity index (χ1) is 17.8. The third-order valence-electron chi connectivity index (χ3n) is 4.96. The van der Waals surface area contributed by atoms with Crippen LogP contribution in [-0.2, 0) is 53.4 Å². The summed E-state index contributed by atoms with van der Waals surface area (Å²) in [5, 5.41) is 5.22. The summed E-state index contributed by atoms with van der Waals surface area (Å²) in [5.74, 6) is -3.73. The van der Waals surface area contributed by atoms with Crippen molar-refractivity contribution < 1.29 is 50.2 Å². The summed E-state index contributed by atoms with van der Waals surface area (Å²) in [4.78, 5) is 45.9. The second-order valence-corrected chi connectivity index (χ2v) is 13.0. The normalized spacial score (nSPS) is 16.8. The molecule has 1 atom stereocenters. The van der Waals surface area contributed by atoms with Gasteiger partial charge in [-0.2, -0.15) is 4.31 Å². The quantitative estimate of drug-likeness (QED) is 0.165. The number of methoxy groups -OCH3 is 1. The molecule has 0 aliphatic carbocycles. The highest BCUT2D eigenvalue weighted by molar-refractivity contribution is 7.94. The number of likely N-dealkylation sites (N-methyl/N-ethyl adjacent to an activating group) is 1. The van der Waals surface area contributed by atoms with E-state index in [0.717, 1.165) is 6.92 Å². The number of sulfonamides is 2. The number of nitrogens with zero attached hydrogens (tertiary/aromatic N) is 1. The maximum absolute atomic E-state index is 13.1. The molecule has 0 radical (unpaired) electrons. The average molecular weight is 599 g/mol. The smallest absolute Gasteiger partial charge is 0.344 e. The van der Waals surface area contributed by atoms with E-state index in [9.17, 15) is 36.0 Å². The number of hydrogen-bond donors (Lipinski definition) is 3. The fraction of sp³-hybridized carbons (Fsp3) is 0.600. The highest BCUT2D eigenvalue weighted by Gasteiger charge is 2.40. The van der Waals surface area contributed by atoms with Gasteiger partial charge in [0.15, 0.2) is 13.2 Å². The van der Waals surface area contributed by atoms with Gasteiger partial charge in [-0.25, -0.2) is 26.4 Å². The van der Waals surface area contributed by atoms with Crippen molar-refractivity contribution in [3.8, 4) is 0 Å². The highest BCUT2D eigenvalue weighted by atomic mass is 32.3. The Morgan fingerprint density at radius 2 is 1.87 bits per heavy atom. The van der Waals surface area contributed by atoms with Crippen molar-refractivity contribution in [3.63, 3.8) is 0 Å². The van der Waals surface area contributed by atoms with E-state index in [4.69, 9.17) is 4.74 Å². The first-order valence-electron chi connectivity index (χ1n) is 11.3. The predicted molar refractivity (Wildman–Crippen MR) is 132 cm³/mol. The molecule has 2 heterocycles. The number of carbonyl (C=O) groups is 4. The number of fused-ring (bicyclic) bond motifs is 1. The van der Waals surface area contributed by atoms with Crippen molar-refractivity contribution in [3.05, 3.63) is 11.6 Å². The molecular weight excluding hydrogens is 568 g/mol. The van der Waals surface area contributed by atoms with Gasteiger partial charge in [0.2, 0.25) is 0 Å². The van der Waals surface area contributed by atoms with Gasteiger partial charge in [0.1, 0.15) is 8.42 Å². The van der Waals surface area contributed by atoms with Crippen LogP contribution in [0.25, 0.3) is 0 Å².